The van der Waals surface area contributed by atoms with E-state index >= 15 is 0 Å². The van der Waals surface area contributed by atoms with E-state index in [1.807, 2.05) is 48.6 Å². The molecule has 164 valence electrons. The van der Waals surface area contributed by atoms with Crippen molar-refractivity contribution >= 4 is 55.7 Å². The van der Waals surface area contributed by atoms with E-state index in [0.29, 0.717) is 21.6 Å². The van der Waals surface area contributed by atoms with Crippen molar-refractivity contribution < 1.29 is 13.2 Å². The van der Waals surface area contributed by atoms with Crippen LogP contribution in [0.25, 0.3) is 34.1 Å². The van der Waals surface area contributed by atoms with Gasteiger partial charge in [-0.3, -0.25) is 0 Å². The fourth-order valence-electron chi connectivity index (χ4n) is 3.80. The van der Waals surface area contributed by atoms with Crippen LogP contribution in [0.1, 0.15) is 11.1 Å². The van der Waals surface area contributed by atoms with E-state index in [4.69, 9.17) is 16.3 Å². The lowest BCUT2D eigenvalue weighted by Gasteiger charge is -2.08. The molecule has 0 saturated heterocycles. The molecule has 0 unspecified atom stereocenters. The highest BCUT2D eigenvalue weighted by Crippen LogP contribution is 2.33. The molecule has 0 aliphatic rings. The lowest BCUT2D eigenvalue weighted by atomic mass is 10.1. The topological polar surface area (TPSA) is 61.2 Å². The number of hydrogen-bond acceptors (Lipinski definition) is 4. The summed E-state index contributed by atoms with van der Waals surface area (Å²) < 4.78 is 33.5. The van der Waals surface area contributed by atoms with Gasteiger partial charge in [0.2, 0.25) is 0 Å². The second-order valence-corrected chi connectivity index (χ2v) is 9.71. The monoisotopic (exact) mass is 474 g/mol. The molecule has 0 atom stereocenters. The number of pyridine rings is 1. The SMILES string of the molecule is COc1ccc(/C=C\c2ccc3c(c2)c2cc(Cl)cnc2n3S(=O)(=O)c2ccccc2)cc1. The average Bonchev–Trinajstić information content (AvgIpc) is 3.17. The van der Waals surface area contributed by atoms with Gasteiger partial charge >= 0.3 is 0 Å². The standard InChI is InChI=1S/C26H19ClN2O3S/c1-32-21-12-9-18(10-13-21)7-8-19-11-14-25-23(15-19)24-16-20(27)17-28-26(24)29(25)33(30,31)22-5-3-2-4-6-22/h2-17H,1H3/b8-7-. The summed E-state index contributed by atoms with van der Waals surface area (Å²) in [5.74, 6) is 0.797. The third-order valence-electron chi connectivity index (χ3n) is 5.42. The van der Waals surface area contributed by atoms with Gasteiger partial charge in [0.15, 0.2) is 5.65 Å². The molecule has 5 rings (SSSR count). The van der Waals surface area contributed by atoms with Crippen LogP contribution in [0.15, 0.2) is 90.0 Å². The number of rotatable bonds is 5. The maximum atomic E-state index is 13.5. The van der Waals surface area contributed by atoms with Crippen molar-refractivity contribution in [1.82, 2.24) is 8.96 Å². The molecular formula is C26H19ClN2O3S. The molecule has 5 nitrogen and oxygen atoms in total. The van der Waals surface area contributed by atoms with Crippen molar-refractivity contribution in [3.63, 3.8) is 0 Å². The predicted octanol–water partition coefficient (Wildman–Crippen LogP) is 6.26. The first-order valence-electron chi connectivity index (χ1n) is 10.2. The molecule has 2 heterocycles. The van der Waals surface area contributed by atoms with Gasteiger partial charge in [-0.2, -0.15) is 0 Å². The molecule has 33 heavy (non-hydrogen) atoms. The first-order chi connectivity index (χ1) is 16.0. The minimum atomic E-state index is -3.86. The van der Waals surface area contributed by atoms with Crippen LogP contribution in [-0.2, 0) is 10.0 Å². The van der Waals surface area contributed by atoms with Gasteiger partial charge in [-0.25, -0.2) is 17.4 Å². The number of nitrogens with zero attached hydrogens (tertiary/aromatic N) is 2. The summed E-state index contributed by atoms with van der Waals surface area (Å²) in [5.41, 5.74) is 2.84. The maximum Gasteiger partial charge on any atom is 0.269 e. The molecular weight excluding hydrogens is 456 g/mol. The molecule has 2 aromatic heterocycles. The van der Waals surface area contributed by atoms with Crippen LogP contribution in [0.2, 0.25) is 5.02 Å². The molecule has 0 aliphatic carbocycles. The minimum absolute atomic E-state index is 0.198. The number of aromatic nitrogens is 2. The summed E-state index contributed by atoms with van der Waals surface area (Å²) in [5, 5.41) is 1.88. The molecule has 0 bridgehead atoms. The van der Waals surface area contributed by atoms with Crippen molar-refractivity contribution in [2.45, 2.75) is 4.90 Å². The molecule has 0 saturated carbocycles. The Bertz CT molecular complexity index is 1610. The summed E-state index contributed by atoms with van der Waals surface area (Å²) in [6.45, 7) is 0. The Kier molecular flexibility index (Phi) is 5.40. The van der Waals surface area contributed by atoms with Gasteiger partial charge in [0.25, 0.3) is 10.0 Å². The number of hydrogen-bond donors (Lipinski definition) is 0. The van der Waals surface area contributed by atoms with Crippen LogP contribution in [0.5, 0.6) is 5.75 Å². The number of benzene rings is 3. The van der Waals surface area contributed by atoms with Crippen LogP contribution in [0, 0.1) is 0 Å². The molecule has 0 N–H and O–H groups in total. The third kappa shape index (κ3) is 3.88. The van der Waals surface area contributed by atoms with Gasteiger partial charge in [-0.05, 0) is 53.6 Å². The Balaban J connectivity index is 1.67. The Morgan fingerprint density at radius 2 is 1.58 bits per heavy atom. The van der Waals surface area contributed by atoms with Gasteiger partial charge in [0.1, 0.15) is 5.75 Å². The molecule has 0 aliphatic heterocycles. The van der Waals surface area contributed by atoms with Crippen molar-refractivity contribution in [2.24, 2.45) is 0 Å². The van der Waals surface area contributed by atoms with E-state index in [-0.39, 0.29) is 4.90 Å². The highest BCUT2D eigenvalue weighted by Gasteiger charge is 2.24. The van der Waals surface area contributed by atoms with Gasteiger partial charge in [-0.15, -0.1) is 0 Å². The predicted molar refractivity (Wildman–Crippen MR) is 133 cm³/mol. The summed E-state index contributed by atoms with van der Waals surface area (Å²) in [7, 11) is -2.22. The summed E-state index contributed by atoms with van der Waals surface area (Å²) in [4.78, 5) is 4.57. The van der Waals surface area contributed by atoms with E-state index in [1.54, 1.807) is 49.6 Å². The smallest absolute Gasteiger partial charge is 0.269 e. The fourth-order valence-corrected chi connectivity index (χ4v) is 5.47. The van der Waals surface area contributed by atoms with Gasteiger partial charge in [0.05, 0.1) is 22.5 Å². The van der Waals surface area contributed by atoms with Crippen LogP contribution in [0.4, 0.5) is 0 Å². The molecule has 7 heteroatoms. The van der Waals surface area contributed by atoms with Crippen LogP contribution in [0.3, 0.4) is 0 Å². The van der Waals surface area contributed by atoms with Crippen molar-refractivity contribution in [2.75, 3.05) is 7.11 Å². The lowest BCUT2D eigenvalue weighted by Crippen LogP contribution is -2.13. The van der Waals surface area contributed by atoms with Crippen molar-refractivity contribution in [1.29, 1.82) is 0 Å². The molecule has 0 amide bonds. The zero-order valence-electron chi connectivity index (χ0n) is 17.6. The summed E-state index contributed by atoms with van der Waals surface area (Å²) >= 11 is 6.22. The Morgan fingerprint density at radius 1 is 0.879 bits per heavy atom. The summed E-state index contributed by atoms with van der Waals surface area (Å²) in [6, 6.07) is 23.5. The van der Waals surface area contributed by atoms with E-state index in [1.165, 1.54) is 10.2 Å². The first kappa shape index (κ1) is 21.2. The molecule has 5 aromatic rings. The average molecular weight is 475 g/mol. The maximum absolute atomic E-state index is 13.5. The normalized spacial score (nSPS) is 12.1. The zero-order valence-corrected chi connectivity index (χ0v) is 19.2. The van der Waals surface area contributed by atoms with Gasteiger partial charge in [0, 0.05) is 17.0 Å². The molecule has 3 aromatic carbocycles. The molecule has 0 radical (unpaired) electrons. The quantitative estimate of drug-likeness (QED) is 0.282. The van der Waals surface area contributed by atoms with E-state index in [9.17, 15) is 8.42 Å². The number of fused-ring (bicyclic) bond motifs is 3. The number of ether oxygens (including phenoxy) is 1. The third-order valence-corrected chi connectivity index (χ3v) is 7.35. The molecule has 0 spiro atoms. The lowest BCUT2D eigenvalue weighted by molar-refractivity contribution is 0.415. The Hall–Kier alpha value is -3.61. The zero-order chi connectivity index (χ0) is 23.0. The van der Waals surface area contributed by atoms with Crippen LogP contribution >= 0.6 is 11.6 Å². The number of halogens is 1. The summed E-state index contributed by atoms with van der Waals surface area (Å²) in [6.07, 6.45) is 5.43. The Morgan fingerprint density at radius 3 is 2.30 bits per heavy atom. The van der Waals surface area contributed by atoms with Crippen molar-refractivity contribution in [3.8, 4) is 5.75 Å². The van der Waals surface area contributed by atoms with Crippen molar-refractivity contribution in [3.05, 3.63) is 101 Å². The Labute approximate surface area is 196 Å². The second kappa shape index (κ2) is 8.39. The first-order valence-corrected chi connectivity index (χ1v) is 12.0. The number of methoxy groups -OCH3 is 1. The largest absolute Gasteiger partial charge is 0.497 e. The van der Waals surface area contributed by atoms with Crippen LogP contribution in [-0.4, -0.2) is 24.5 Å². The minimum Gasteiger partial charge on any atom is -0.497 e. The van der Waals surface area contributed by atoms with E-state index < -0.39 is 10.0 Å². The van der Waals surface area contributed by atoms with Gasteiger partial charge < -0.3 is 4.74 Å². The highest BCUT2D eigenvalue weighted by molar-refractivity contribution is 7.90. The fraction of sp³-hybridized carbons (Fsp3) is 0.0385. The molecule has 0 fully saturated rings. The van der Waals surface area contributed by atoms with Crippen LogP contribution < -0.4 is 4.74 Å². The highest BCUT2D eigenvalue weighted by atomic mass is 35.5. The van der Waals surface area contributed by atoms with Gasteiger partial charge in [-0.1, -0.05) is 60.2 Å². The second-order valence-electron chi connectivity index (χ2n) is 7.49. The van der Waals surface area contributed by atoms with E-state index in [2.05, 4.69) is 4.98 Å². The van der Waals surface area contributed by atoms with E-state index in [0.717, 1.165) is 22.3 Å².